The van der Waals surface area contributed by atoms with Crippen LogP contribution in [0.4, 0.5) is 4.39 Å². The van der Waals surface area contributed by atoms with E-state index in [1.54, 1.807) is 30.3 Å². The van der Waals surface area contributed by atoms with Crippen LogP contribution in [-0.2, 0) is 6.42 Å². The van der Waals surface area contributed by atoms with Gasteiger partial charge in [-0.2, -0.15) is 0 Å². The number of pyridine rings is 1. The van der Waals surface area contributed by atoms with Crippen molar-refractivity contribution >= 4 is 21.8 Å². The topological polar surface area (TPSA) is 42.0 Å². The molecule has 0 radical (unpaired) electrons. The summed E-state index contributed by atoms with van der Waals surface area (Å²) in [4.78, 5) is 15.7. The predicted octanol–water partition coefficient (Wildman–Crippen LogP) is 2.96. The summed E-state index contributed by atoms with van der Waals surface area (Å²) < 4.78 is 14.0. The molecule has 1 aromatic carbocycles. The lowest BCUT2D eigenvalue weighted by atomic mass is 10.1. The molecule has 0 saturated heterocycles. The summed E-state index contributed by atoms with van der Waals surface area (Å²) in [5, 5.41) is 2.73. The molecule has 0 unspecified atom stereocenters. The molecule has 5 heteroatoms. The Morgan fingerprint density at radius 1 is 1.26 bits per heavy atom. The maximum atomic E-state index is 13.4. The Labute approximate surface area is 119 Å². The van der Waals surface area contributed by atoms with E-state index in [1.165, 1.54) is 12.3 Å². The van der Waals surface area contributed by atoms with E-state index < -0.39 is 0 Å². The summed E-state index contributed by atoms with van der Waals surface area (Å²) in [6.45, 7) is 0.385. The molecule has 0 spiro atoms. The highest BCUT2D eigenvalue weighted by atomic mass is 79.9. The second-order valence-electron chi connectivity index (χ2n) is 3.97. The van der Waals surface area contributed by atoms with E-state index in [0.29, 0.717) is 28.7 Å². The fourth-order valence-electron chi connectivity index (χ4n) is 1.62. The number of rotatable bonds is 4. The smallest absolute Gasteiger partial charge is 0.252 e. The van der Waals surface area contributed by atoms with Crippen molar-refractivity contribution < 1.29 is 9.18 Å². The van der Waals surface area contributed by atoms with Gasteiger partial charge >= 0.3 is 0 Å². The summed E-state index contributed by atoms with van der Waals surface area (Å²) in [6, 6.07) is 9.92. The molecule has 98 valence electrons. The third-order valence-corrected chi connectivity index (χ3v) is 3.10. The van der Waals surface area contributed by atoms with Gasteiger partial charge in [0.25, 0.3) is 5.91 Å². The number of halogens is 2. The lowest BCUT2D eigenvalue weighted by Crippen LogP contribution is -2.26. The van der Waals surface area contributed by atoms with Crippen molar-refractivity contribution in [3.63, 3.8) is 0 Å². The van der Waals surface area contributed by atoms with Crippen molar-refractivity contribution in [1.82, 2.24) is 10.3 Å². The summed E-state index contributed by atoms with van der Waals surface area (Å²) >= 11 is 3.20. The van der Waals surface area contributed by atoms with Gasteiger partial charge in [-0.1, -0.05) is 18.2 Å². The quantitative estimate of drug-likeness (QED) is 0.879. The minimum atomic E-state index is -0.248. The lowest BCUT2D eigenvalue weighted by Gasteiger charge is -2.06. The minimum Gasteiger partial charge on any atom is -0.352 e. The molecule has 2 aromatic rings. The van der Waals surface area contributed by atoms with Gasteiger partial charge in [0.2, 0.25) is 0 Å². The fourth-order valence-corrected chi connectivity index (χ4v) is 1.86. The Balaban J connectivity index is 1.88. The normalized spacial score (nSPS) is 10.2. The van der Waals surface area contributed by atoms with Crippen LogP contribution in [0, 0.1) is 5.82 Å². The van der Waals surface area contributed by atoms with Crippen LogP contribution in [0.15, 0.2) is 47.2 Å². The molecule has 0 fully saturated rings. The van der Waals surface area contributed by atoms with Crippen molar-refractivity contribution in [1.29, 1.82) is 0 Å². The van der Waals surface area contributed by atoms with Gasteiger partial charge in [0.15, 0.2) is 0 Å². The Morgan fingerprint density at radius 2 is 2.05 bits per heavy atom. The standard InChI is InChI=1S/C14H12BrFN2O/c15-13-6-5-11(9-18-13)14(19)17-8-7-10-3-1-2-4-12(10)16/h1-6,9H,7-8H2,(H,17,19). The highest BCUT2D eigenvalue weighted by Gasteiger charge is 2.06. The monoisotopic (exact) mass is 322 g/mol. The van der Waals surface area contributed by atoms with E-state index in [0.717, 1.165) is 0 Å². The van der Waals surface area contributed by atoms with Crippen LogP contribution in [0.25, 0.3) is 0 Å². The summed E-state index contributed by atoms with van der Waals surface area (Å²) in [5.41, 5.74) is 1.08. The number of hydrogen-bond acceptors (Lipinski definition) is 2. The third-order valence-electron chi connectivity index (χ3n) is 2.63. The summed E-state index contributed by atoms with van der Waals surface area (Å²) in [6.07, 6.45) is 1.95. The molecule has 0 aliphatic carbocycles. The van der Waals surface area contributed by atoms with E-state index in [4.69, 9.17) is 0 Å². The molecular formula is C14H12BrFN2O. The molecule has 2 rings (SSSR count). The average molecular weight is 323 g/mol. The summed E-state index contributed by atoms with van der Waals surface area (Å²) in [5.74, 6) is -0.460. The molecular weight excluding hydrogens is 311 g/mol. The summed E-state index contributed by atoms with van der Waals surface area (Å²) in [7, 11) is 0. The van der Waals surface area contributed by atoms with Crippen LogP contribution < -0.4 is 5.32 Å². The molecule has 0 saturated carbocycles. The van der Waals surface area contributed by atoms with E-state index in [2.05, 4.69) is 26.2 Å². The predicted molar refractivity (Wildman–Crippen MR) is 74.4 cm³/mol. The van der Waals surface area contributed by atoms with Gasteiger partial charge in [0, 0.05) is 12.7 Å². The second kappa shape index (κ2) is 6.43. The van der Waals surface area contributed by atoms with Crippen LogP contribution in [-0.4, -0.2) is 17.4 Å². The van der Waals surface area contributed by atoms with Gasteiger partial charge in [-0.15, -0.1) is 0 Å². The highest BCUT2D eigenvalue weighted by Crippen LogP contribution is 2.07. The van der Waals surface area contributed by atoms with Crippen molar-refractivity contribution in [2.75, 3.05) is 6.54 Å². The molecule has 1 amide bonds. The zero-order chi connectivity index (χ0) is 13.7. The number of nitrogens with one attached hydrogen (secondary N) is 1. The van der Waals surface area contributed by atoms with Crippen molar-refractivity contribution in [2.45, 2.75) is 6.42 Å². The third kappa shape index (κ3) is 3.86. The highest BCUT2D eigenvalue weighted by molar-refractivity contribution is 9.10. The van der Waals surface area contributed by atoms with Gasteiger partial charge in [0.1, 0.15) is 10.4 Å². The van der Waals surface area contributed by atoms with Gasteiger partial charge in [0.05, 0.1) is 5.56 Å². The van der Waals surface area contributed by atoms with Crippen molar-refractivity contribution in [2.24, 2.45) is 0 Å². The molecule has 1 heterocycles. The molecule has 3 nitrogen and oxygen atoms in total. The van der Waals surface area contributed by atoms with Gasteiger partial charge in [-0.25, -0.2) is 9.37 Å². The van der Waals surface area contributed by atoms with Crippen molar-refractivity contribution in [3.8, 4) is 0 Å². The number of benzene rings is 1. The minimum absolute atomic E-state index is 0.212. The van der Waals surface area contributed by atoms with E-state index >= 15 is 0 Å². The first-order chi connectivity index (χ1) is 9.16. The largest absolute Gasteiger partial charge is 0.352 e. The molecule has 0 aliphatic rings. The molecule has 0 bridgehead atoms. The molecule has 1 aromatic heterocycles. The average Bonchev–Trinajstić information content (AvgIpc) is 2.41. The van der Waals surface area contributed by atoms with Crippen LogP contribution in [0.3, 0.4) is 0 Å². The van der Waals surface area contributed by atoms with E-state index in [-0.39, 0.29) is 11.7 Å². The Morgan fingerprint density at radius 3 is 2.74 bits per heavy atom. The lowest BCUT2D eigenvalue weighted by molar-refractivity contribution is 0.0953. The number of amides is 1. The van der Waals surface area contributed by atoms with Crippen LogP contribution in [0.2, 0.25) is 0 Å². The zero-order valence-electron chi connectivity index (χ0n) is 10.1. The van der Waals surface area contributed by atoms with E-state index in [1.807, 2.05) is 0 Å². The maximum absolute atomic E-state index is 13.4. The van der Waals surface area contributed by atoms with Gasteiger partial charge in [-0.3, -0.25) is 4.79 Å². The first kappa shape index (κ1) is 13.7. The van der Waals surface area contributed by atoms with Gasteiger partial charge in [-0.05, 0) is 46.1 Å². The molecule has 0 aliphatic heterocycles. The second-order valence-corrected chi connectivity index (χ2v) is 4.78. The number of aromatic nitrogens is 1. The SMILES string of the molecule is O=C(NCCc1ccccc1F)c1ccc(Br)nc1. The molecule has 0 atom stereocenters. The number of nitrogens with zero attached hydrogens (tertiary/aromatic N) is 1. The van der Waals surface area contributed by atoms with Crippen LogP contribution in [0.5, 0.6) is 0 Å². The first-order valence-corrected chi connectivity index (χ1v) is 6.59. The number of carbonyl (C=O) groups is 1. The van der Waals surface area contributed by atoms with Gasteiger partial charge < -0.3 is 5.32 Å². The maximum Gasteiger partial charge on any atom is 0.252 e. The number of carbonyl (C=O) groups excluding carboxylic acids is 1. The Hall–Kier alpha value is -1.75. The number of hydrogen-bond donors (Lipinski definition) is 1. The Bertz CT molecular complexity index is 572. The zero-order valence-corrected chi connectivity index (χ0v) is 11.7. The fraction of sp³-hybridized carbons (Fsp3) is 0.143. The van der Waals surface area contributed by atoms with Crippen LogP contribution >= 0.6 is 15.9 Å². The van der Waals surface area contributed by atoms with Crippen LogP contribution in [0.1, 0.15) is 15.9 Å². The molecule has 19 heavy (non-hydrogen) atoms. The molecule has 1 N–H and O–H groups in total. The first-order valence-electron chi connectivity index (χ1n) is 5.80. The Kier molecular flexibility index (Phi) is 4.63. The van der Waals surface area contributed by atoms with E-state index in [9.17, 15) is 9.18 Å². The van der Waals surface area contributed by atoms with Crippen molar-refractivity contribution in [3.05, 3.63) is 64.1 Å².